The molecule has 3 aromatic carbocycles. The highest BCUT2D eigenvalue weighted by Gasteiger charge is 2.18. The zero-order valence-electron chi connectivity index (χ0n) is 21.7. The van der Waals surface area contributed by atoms with Crippen molar-refractivity contribution in [1.29, 1.82) is 0 Å². The number of aryl methyl sites for hydroxylation is 1. The van der Waals surface area contributed by atoms with Crippen LogP contribution < -0.4 is 15.0 Å². The Morgan fingerprint density at radius 2 is 1.68 bits per heavy atom. The Morgan fingerprint density at radius 3 is 2.34 bits per heavy atom. The molecule has 38 heavy (non-hydrogen) atoms. The minimum Gasteiger partial charge on any atom is -0.506 e. The van der Waals surface area contributed by atoms with Gasteiger partial charge in [-0.1, -0.05) is 18.2 Å². The van der Waals surface area contributed by atoms with Crippen LogP contribution in [-0.4, -0.2) is 54.2 Å². The van der Waals surface area contributed by atoms with E-state index in [0.29, 0.717) is 5.56 Å². The SMILES string of the molecule is COc1ccc(NC(=O)c2ccc(N3CCN(Cc4ccc(-c5cncc(O)c5)c(C)c4)CC3)cc2)cc1. The Labute approximate surface area is 223 Å². The van der Waals surface area contributed by atoms with Gasteiger partial charge in [-0.15, -0.1) is 0 Å². The Balaban J connectivity index is 1.14. The van der Waals surface area contributed by atoms with Crippen LogP contribution in [0.5, 0.6) is 11.5 Å². The topological polar surface area (TPSA) is 77.9 Å². The number of hydrogen-bond acceptors (Lipinski definition) is 6. The minimum atomic E-state index is -0.131. The number of benzene rings is 3. The second-order valence-corrected chi connectivity index (χ2v) is 9.57. The van der Waals surface area contributed by atoms with Crippen molar-refractivity contribution in [2.45, 2.75) is 13.5 Å². The number of nitrogens with one attached hydrogen (secondary N) is 1. The van der Waals surface area contributed by atoms with Gasteiger partial charge in [-0.3, -0.25) is 14.7 Å². The number of amides is 1. The van der Waals surface area contributed by atoms with Gasteiger partial charge in [-0.2, -0.15) is 0 Å². The summed E-state index contributed by atoms with van der Waals surface area (Å²) in [6, 6.07) is 23.4. The predicted molar refractivity (Wildman–Crippen MR) is 151 cm³/mol. The largest absolute Gasteiger partial charge is 0.506 e. The quantitative estimate of drug-likeness (QED) is 0.351. The number of ether oxygens (including phenoxy) is 1. The first-order chi connectivity index (χ1) is 18.5. The van der Waals surface area contributed by atoms with Gasteiger partial charge in [-0.05, 0) is 78.2 Å². The van der Waals surface area contributed by atoms with Crippen LogP contribution in [0.25, 0.3) is 11.1 Å². The molecular weight excluding hydrogens is 476 g/mol. The maximum Gasteiger partial charge on any atom is 0.255 e. The molecule has 0 radical (unpaired) electrons. The van der Waals surface area contributed by atoms with Crippen molar-refractivity contribution >= 4 is 17.3 Å². The van der Waals surface area contributed by atoms with Gasteiger partial charge in [0.05, 0.1) is 13.3 Å². The number of nitrogens with zero attached hydrogens (tertiary/aromatic N) is 3. The minimum absolute atomic E-state index is 0.131. The van der Waals surface area contributed by atoms with E-state index in [-0.39, 0.29) is 11.7 Å². The fourth-order valence-corrected chi connectivity index (χ4v) is 4.85. The Kier molecular flexibility index (Phi) is 7.56. The van der Waals surface area contributed by atoms with E-state index in [1.165, 1.54) is 17.3 Å². The van der Waals surface area contributed by atoms with Crippen LogP contribution >= 0.6 is 0 Å². The third-order valence-corrected chi connectivity index (χ3v) is 6.95. The number of carbonyl (C=O) groups is 1. The maximum absolute atomic E-state index is 12.6. The Bertz CT molecular complexity index is 1400. The van der Waals surface area contributed by atoms with Gasteiger partial charge in [0.1, 0.15) is 11.5 Å². The molecule has 0 spiro atoms. The number of hydrogen-bond donors (Lipinski definition) is 2. The third-order valence-electron chi connectivity index (χ3n) is 6.95. The molecule has 1 saturated heterocycles. The summed E-state index contributed by atoms with van der Waals surface area (Å²) in [7, 11) is 1.62. The first-order valence-electron chi connectivity index (χ1n) is 12.8. The van der Waals surface area contributed by atoms with Crippen LogP contribution in [0, 0.1) is 6.92 Å². The molecule has 1 aromatic heterocycles. The molecule has 0 saturated carbocycles. The second kappa shape index (κ2) is 11.4. The highest BCUT2D eigenvalue weighted by Crippen LogP contribution is 2.27. The molecule has 1 aliphatic rings. The van der Waals surface area contributed by atoms with Crippen molar-refractivity contribution in [1.82, 2.24) is 9.88 Å². The average molecular weight is 509 g/mol. The van der Waals surface area contributed by atoms with Crippen molar-refractivity contribution in [3.8, 4) is 22.6 Å². The standard InChI is InChI=1S/C31H32N4O3/c1-22-17-23(3-12-30(22)25-18-28(36)20-32-19-25)21-34-13-15-35(16-14-34)27-8-4-24(5-9-27)31(37)33-26-6-10-29(38-2)11-7-26/h3-12,17-20,36H,13-16,21H2,1-2H3,(H,33,37). The molecule has 194 valence electrons. The molecule has 7 heteroatoms. The molecule has 4 aromatic rings. The van der Waals surface area contributed by atoms with Crippen LogP contribution in [0.2, 0.25) is 0 Å². The Morgan fingerprint density at radius 1 is 0.947 bits per heavy atom. The van der Waals surface area contributed by atoms with Crippen molar-refractivity contribution in [3.05, 3.63) is 102 Å². The fourth-order valence-electron chi connectivity index (χ4n) is 4.85. The van der Waals surface area contributed by atoms with Crippen molar-refractivity contribution in [3.63, 3.8) is 0 Å². The molecule has 2 N–H and O–H groups in total. The molecule has 1 aliphatic heterocycles. The van der Waals surface area contributed by atoms with Crippen LogP contribution in [0.1, 0.15) is 21.5 Å². The lowest BCUT2D eigenvalue weighted by atomic mass is 9.99. The van der Waals surface area contributed by atoms with Gasteiger partial charge in [0.2, 0.25) is 0 Å². The number of piperazine rings is 1. The van der Waals surface area contributed by atoms with E-state index >= 15 is 0 Å². The Hall–Kier alpha value is -4.36. The molecule has 7 nitrogen and oxygen atoms in total. The average Bonchev–Trinajstić information content (AvgIpc) is 2.94. The number of pyridine rings is 1. The second-order valence-electron chi connectivity index (χ2n) is 9.57. The van der Waals surface area contributed by atoms with Crippen LogP contribution in [0.4, 0.5) is 11.4 Å². The summed E-state index contributed by atoms with van der Waals surface area (Å²) in [6.07, 6.45) is 3.23. The van der Waals surface area contributed by atoms with Crippen LogP contribution in [-0.2, 0) is 6.54 Å². The van der Waals surface area contributed by atoms with Crippen molar-refractivity contribution < 1.29 is 14.6 Å². The molecule has 0 atom stereocenters. The van der Waals surface area contributed by atoms with E-state index in [9.17, 15) is 9.90 Å². The lowest BCUT2D eigenvalue weighted by Crippen LogP contribution is -2.46. The molecule has 5 rings (SSSR count). The molecule has 1 fully saturated rings. The first kappa shape index (κ1) is 25.3. The highest BCUT2D eigenvalue weighted by atomic mass is 16.5. The van der Waals surface area contributed by atoms with E-state index in [0.717, 1.165) is 61.0 Å². The fraction of sp³-hybridized carbons (Fsp3) is 0.226. The van der Waals surface area contributed by atoms with Crippen molar-refractivity contribution in [2.75, 3.05) is 43.5 Å². The van der Waals surface area contributed by atoms with Crippen LogP contribution in [0.15, 0.2) is 85.2 Å². The molecule has 2 heterocycles. The highest BCUT2D eigenvalue weighted by molar-refractivity contribution is 6.04. The summed E-state index contributed by atoms with van der Waals surface area (Å²) in [6.45, 7) is 6.81. The predicted octanol–water partition coefficient (Wildman–Crippen LogP) is 5.35. The van der Waals surface area contributed by atoms with Gasteiger partial charge in [0.15, 0.2) is 0 Å². The van der Waals surface area contributed by atoms with Gasteiger partial charge >= 0.3 is 0 Å². The maximum atomic E-state index is 12.6. The zero-order chi connectivity index (χ0) is 26.5. The number of anilines is 2. The third kappa shape index (κ3) is 5.95. The molecular formula is C31H32N4O3. The number of rotatable bonds is 7. The number of aromatic hydroxyl groups is 1. The zero-order valence-corrected chi connectivity index (χ0v) is 21.7. The van der Waals surface area contributed by atoms with Gasteiger partial charge < -0.3 is 20.1 Å². The molecule has 1 amide bonds. The molecule has 0 unspecified atom stereocenters. The van der Waals surface area contributed by atoms with E-state index < -0.39 is 0 Å². The van der Waals surface area contributed by atoms with Gasteiger partial charge in [0, 0.05) is 61.4 Å². The smallest absolute Gasteiger partial charge is 0.255 e. The number of aromatic nitrogens is 1. The molecule has 0 bridgehead atoms. The van der Waals surface area contributed by atoms with Crippen LogP contribution in [0.3, 0.4) is 0 Å². The van der Waals surface area contributed by atoms with E-state index in [4.69, 9.17) is 4.74 Å². The van der Waals surface area contributed by atoms with Gasteiger partial charge in [0.25, 0.3) is 5.91 Å². The summed E-state index contributed by atoms with van der Waals surface area (Å²) in [5.41, 5.74) is 6.95. The summed E-state index contributed by atoms with van der Waals surface area (Å²) in [4.78, 5) is 21.6. The molecule has 0 aliphatic carbocycles. The van der Waals surface area contributed by atoms with E-state index in [2.05, 4.69) is 45.2 Å². The monoisotopic (exact) mass is 508 g/mol. The normalized spacial score (nSPS) is 13.8. The summed E-state index contributed by atoms with van der Waals surface area (Å²) in [5, 5.41) is 12.7. The lowest BCUT2D eigenvalue weighted by molar-refractivity contribution is 0.102. The van der Waals surface area contributed by atoms with E-state index in [1.54, 1.807) is 19.4 Å². The summed E-state index contributed by atoms with van der Waals surface area (Å²) >= 11 is 0. The first-order valence-corrected chi connectivity index (χ1v) is 12.8. The van der Waals surface area contributed by atoms with Gasteiger partial charge in [-0.25, -0.2) is 0 Å². The summed E-state index contributed by atoms with van der Waals surface area (Å²) < 4.78 is 5.16. The lowest BCUT2D eigenvalue weighted by Gasteiger charge is -2.36. The van der Waals surface area contributed by atoms with E-state index in [1.807, 2.05) is 48.5 Å². The number of methoxy groups -OCH3 is 1. The number of carbonyl (C=O) groups excluding carboxylic acids is 1. The summed E-state index contributed by atoms with van der Waals surface area (Å²) in [5.74, 6) is 0.798. The van der Waals surface area contributed by atoms with Crippen molar-refractivity contribution in [2.24, 2.45) is 0 Å².